The quantitative estimate of drug-likeness (QED) is 0.457. The van der Waals surface area contributed by atoms with Crippen LogP contribution < -0.4 is 0 Å². The summed E-state index contributed by atoms with van der Waals surface area (Å²) in [4.78, 5) is 13.1. The van der Waals surface area contributed by atoms with E-state index in [1.54, 1.807) is 12.4 Å². The van der Waals surface area contributed by atoms with Crippen molar-refractivity contribution in [3.8, 4) is 0 Å². The van der Waals surface area contributed by atoms with E-state index in [1.807, 2.05) is 41.1 Å². The number of fused-ring (bicyclic) bond motifs is 5. The topological polar surface area (TPSA) is 43.1 Å². The molecule has 0 saturated carbocycles. The van der Waals surface area contributed by atoms with E-state index in [0.717, 1.165) is 27.6 Å². The normalized spacial score (nSPS) is 11.5. The van der Waals surface area contributed by atoms with Crippen LogP contribution in [0, 0.1) is 0 Å². The molecular formula is C13H8N4. The van der Waals surface area contributed by atoms with E-state index in [-0.39, 0.29) is 0 Å². The molecule has 0 atom stereocenters. The highest BCUT2D eigenvalue weighted by atomic mass is 15.0. The van der Waals surface area contributed by atoms with Gasteiger partial charge in [0.1, 0.15) is 5.65 Å². The fourth-order valence-corrected chi connectivity index (χ4v) is 2.17. The van der Waals surface area contributed by atoms with Gasteiger partial charge in [0.25, 0.3) is 0 Å². The van der Waals surface area contributed by atoms with E-state index < -0.39 is 0 Å². The molecule has 0 aromatic carbocycles. The molecule has 4 aromatic heterocycles. The molecule has 0 bridgehead atoms. The standard InChI is InChI=1S/C13H8N4/c1-2-9-10(15-5-1)4-7-17-12-8-14-6-3-11(12)16-13(9)17/h1-8H. The summed E-state index contributed by atoms with van der Waals surface area (Å²) in [6, 6.07) is 7.89. The van der Waals surface area contributed by atoms with E-state index in [9.17, 15) is 0 Å². The molecule has 4 heteroatoms. The van der Waals surface area contributed by atoms with Crippen LogP contribution in [0.2, 0.25) is 0 Å². The highest BCUT2D eigenvalue weighted by molar-refractivity contribution is 5.95. The van der Waals surface area contributed by atoms with Crippen LogP contribution in [-0.4, -0.2) is 19.4 Å². The molecule has 17 heavy (non-hydrogen) atoms. The molecule has 80 valence electrons. The van der Waals surface area contributed by atoms with Crippen LogP contribution in [0.4, 0.5) is 0 Å². The van der Waals surface area contributed by atoms with E-state index in [0.29, 0.717) is 0 Å². The predicted octanol–water partition coefficient (Wildman–Crippen LogP) is 2.43. The summed E-state index contributed by atoms with van der Waals surface area (Å²) < 4.78 is 2.05. The predicted molar refractivity (Wildman–Crippen MR) is 65.8 cm³/mol. The second-order valence-corrected chi connectivity index (χ2v) is 3.92. The van der Waals surface area contributed by atoms with Gasteiger partial charge >= 0.3 is 0 Å². The number of aromatic nitrogens is 4. The molecule has 0 N–H and O–H groups in total. The first-order valence-corrected chi connectivity index (χ1v) is 5.39. The number of nitrogens with zero attached hydrogens (tertiary/aromatic N) is 4. The fourth-order valence-electron chi connectivity index (χ4n) is 2.17. The minimum absolute atomic E-state index is 0.929. The molecule has 0 saturated heterocycles. The van der Waals surface area contributed by atoms with Gasteiger partial charge in [0, 0.05) is 24.0 Å². The van der Waals surface area contributed by atoms with Crippen molar-refractivity contribution in [2.45, 2.75) is 0 Å². The Morgan fingerprint density at radius 1 is 1.00 bits per heavy atom. The van der Waals surface area contributed by atoms with E-state index in [4.69, 9.17) is 0 Å². The summed E-state index contributed by atoms with van der Waals surface area (Å²) in [7, 11) is 0. The molecule has 4 rings (SSSR count). The van der Waals surface area contributed by atoms with Gasteiger partial charge in [0.2, 0.25) is 0 Å². The van der Waals surface area contributed by atoms with Crippen molar-refractivity contribution in [2.24, 2.45) is 0 Å². The van der Waals surface area contributed by atoms with Crippen LogP contribution in [0.3, 0.4) is 0 Å². The van der Waals surface area contributed by atoms with E-state index in [1.165, 1.54) is 0 Å². The van der Waals surface area contributed by atoms with Gasteiger partial charge in [-0.2, -0.15) is 0 Å². The maximum Gasteiger partial charge on any atom is 0.147 e. The SMILES string of the molecule is c1cnc2ccn3c4cnccc4nc3c2c1. The van der Waals surface area contributed by atoms with Crippen molar-refractivity contribution in [1.29, 1.82) is 0 Å². The van der Waals surface area contributed by atoms with Gasteiger partial charge in [0.15, 0.2) is 0 Å². The minimum atomic E-state index is 0.929. The van der Waals surface area contributed by atoms with Gasteiger partial charge in [-0.3, -0.25) is 14.4 Å². The lowest BCUT2D eigenvalue weighted by molar-refractivity contribution is 1.22. The Hall–Kier alpha value is -2.49. The smallest absolute Gasteiger partial charge is 0.147 e. The summed E-state index contributed by atoms with van der Waals surface area (Å²) in [6.07, 6.45) is 7.37. The zero-order valence-electron chi connectivity index (χ0n) is 8.91. The van der Waals surface area contributed by atoms with Crippen LogP contribution in [0.5, 0.6) is 0 Å². The number of hydrogen-bond acceptors (Lipinski definition) is 3. The first-order valence-electron chi connectivity index (χ1n) is 5.39. The molecule has 0 fully saturated rings. The van der Waals surface area contributed by atoms with Crippen molar-refractivity contribution in [2.75, 3.05) is 0 Å². The Morgan fingerprint density at radius 3 is 3.00 bits per heavy atom. The van der Waals surface area contributed by atoms with Gasteiger partial charge in [-0.1, -0.05) is 0 Å². The molecule has 4 nitrogen and oxygen atoms in total. The molecule has 4 aromatic rings. The Labute approximate surface area is 96.6 Å². The Morgan fingerprint density at radius 2 is 2.00 bits per heavy atom. The first kappa shape index (κ1) is 8.64. The maximum atomic E-state index is 4.63. The summed E-state index contributed by atoms with van der Waals surface area (Å²) in [5, 5.41) is 1.06. The maximum absolute atomic E-state index is 4.63. The molecule has 0 spiro atoms. The lowest BCUT2D eigenvalue weighted by atomic mass is 10.2. The second-order valence-electron chi connectivity index (χ2n) is 3.92. The number of hydrogen-bond donors (Lipinski definition) is 0. The summed E-state index contributed by atoms with van der Waals surface area (Å²) >= 11 is 0. The number of pyridine rings is 3. The largest absolute Gasteiger partial charge is 0.298 e. The summed E-state index contributed by atoms with van der Waals surface area (Å²) in [5.41, 5.74) is 3.87. The first-order chi connectivity index (χ1) is 8.43. The minimum Gasteiger partial charge on any atom is -0.298 e. The third kappa shape index (κ3) is 1.09. The van der Waals surface area contributed by atoms with Crippen LogP contribution in [0.1, 0.15) is 0 Å². The zero-order valence-corrected chi connectivity index (χ0v) is 8.91. The van der Waals surface area contributed by atoms with E-state index in [2.05, 4.69) is 15.0 Å². The molecule has 0 radical (unpaired) electrons. The van der Waals surface area contributed by atoms with Crippen LogP contribution in [0.25, 0.3) is 27.6 Å². The third-order valence-electron chi connectivity index (χ3n) is 2.95. The van der Waals surface area contributed by atoms with Crippen molar-refractivity contribution in [3.05, 3.63) is 49.1 Å². The van der Waals surface area contributed by atoms with Crippen LogP contribution >= 0.6 is 0 Å². The average molecular weight is 220 g/mol. The highest BCUT2D eigenvalue weighted by Gasteiger charge is 2.07. The van der Waals surface area contributed by atoms with Crippen molar-refractivity contribution in [1.82, 2.24) is 19.4 Å². The summed E-state index contributed by atoms with van der Waals surface area (Å²) in [6.45, 7) is 0. The Bertz CT molecular complexity index is 848. The molecule has 0 aliphatic carbocycles. The second kappa shape index (κ2) is 3.01. The fraction of sp³-hybridized carbons (Fsp3) is 0. The van der Waals surface area contributed by atoms with E-state index >= 15 is 0 Å². The van der Waals surface area contributed by atoms with Crippen molar-refractivity contribution in [3.63, 3.8) is 0 Å². The monoisotopic (exact) mass is 220 g/mol. The lowest BCUT2D eigenvalue weighted by Gasteiger charge is -1.99. The van der Waals surface area contributed by atoms with Crippen molar-refractivity contribution < 1.29 is 0 Å². The molecule has 0 unspecified atom stereocenters. The van der Waals surface area contributed by atoms with Gasteiger partial charge in [0.05, 0.1) is 22.7 Å². The zero-order chi connectivity index (χ0) is 11.2. The molecule has 0 aliphatic rings. The van der Waals surface area contributed by atoms with Gasteiger partial charge in [-0.25, -0.2) is 4.98 Å². The Balaban J connectivity index is 2.34. The van der Waals surface area contributed by atoms with Crippen molar-refractivity contribution >= 4 is 27.6 Å². The molecule has 0 aliphatic heterocycles. The number of rotatable bonds is 0. The lowest BCUT2D eigenvalue weighted by Crippen LogP contribution is -1.87. The molecule has 0 amide bonds. The molecular weight excluding hydrogens is 212 g/mol. The van der Waals surface area contributed by atoms with Gasteiger partial charge in [-0.15, -0.1) is 0 Å². The summed E-state index contributed by atoms with van der Waals surface area (Å²) in [5.74, 6) is 0. The number of imidazole rings is 1. The highest BCUT2D eigenvalue weighted by Crippen LogP contribution is 2.21. The van der Waals surface area contributed by atoms with Gasteiger partial charge in [-0.05, 0) is 24.3 Å². The Kier molecular flexibility index (Phi) is 1.53. The molecule has 4 heterocycles. The van der Waals surface area contributed by atoms with Crippen LogP contribution in [-0.2, 0) is 0 Å². The van der Waals surface area contributed by atoms with Crippen LogP contribution in [0.15, 0.2) is 49.1 Å². The third-order valence-corrected chi connectivity index (χ3v) is 2.95. The van der Waals surface area contributed by atoms with Gasteiger partial charge < -0.3 is 0 Å². The average Bonchev–Trinajstić information content (AvgIpc) is 2.78.